The molecule has 2 aromatic rings. The van der Waals surface area contributed by atoms with E-state index in [2.05, 4.69) is 58.3 Å². The summed E-state index contributed by atoms with van der Waals surface area (Å²) in [5, 5.41) is 0. The van der Waals surface area contributed by atoms with Gasteiger partial charge in [0.05, 0.1) is 0 Å². The lowest BCUT2D eigenvalue weighted by atomic mass is 10.0. The Morgan fingerprint density at radius 3 is 1.69 bits per heavy atom. The van der Waals surface area contributed by atoms with E-state index in [0.29, 0.717) is 0 Å². The van der Waals surface area contributed by atoms with Crippen molar-refractivity contribution in [1.29, 1.82) is 0 Å². The van der Waals surface area contributed by atoms with Crippen LogP contribution in [-0.2, 0) is 17.6 Å². The van der Waals surface area contributed by atoms with Gasteiger partial charge in [-0.3, -0.25) is 4.79 Å². The molecule has 0 saturated heterocycles. The van der Waals surface area contributed by atoms with Gasteiger partial charge in [-0.15, -0.1) is 0 Å². The average molecular weight is 344 g/mol. The molecule has 0 aliphatic carbocycles. The number of benzene rings is 2. The van der Waals surface area contributed by atoms with Crippen LogP contribution < -0.4 is 9.80 Å². The minimum Gasteiger partial charge on any atom is -0.348 e. The van der Waals surface area contributed by atoms with Gasteiger partial charge in [0.15, 0.2) is 5.78 Å². The molecule has 0 spiro atoms. The monoisotopic (exact) mass is 344 g/mol. The zero-order valence-corrected chi connectivity index (χ0v) is 15.0. The molecule has 3 heteroatoms. The number of allylic oxidation sites excluding steroid dienone is 2. The maximum atomic E-state index is 12.3. The minimum atomic E-state index is 0.0242. The van der Waals surface area contributed by atoms with Crippen LogP contribution in [0, 0.1) is 0 Å². The Kier molecular flexibility index (Phi) is 4.87. The van der Waals surface area contributed by atoms with Gasteiger partial charge < -0.3 is 9.80 Å². The summed E-state index contributed by atoms with van der Waals surface area (Å²) in [6, 6.07) is 16.9. The molecule has 0 aromatic heterocycles. The van der Waals surface area contributed by atoms with Gasteiger partial charge in [-0.05, 0) is 48.9 Å². The molecule has 0 saturated carbocycles. The number of ketones is 1. The van der Waals surface area contributed by atoms with Gasteiger partial charge in [-0.2, -0.15) is 0 Å². The van der Waals surface area contributed by atoms with E-state index in [-0.39, 0.29) is 5.78 Å². The molecule has 0 N–H and O–H groups in total. The lowest BCUT2D eigenvalue weighted by molar-refractivity contribution is -0.110. The smallest absolute Gasteiger partial charge is 0.181 e. The van der Waals surface area contributed by atoms with Crippen LogP contribution in [0.1, 0.15) is 24.0 Å². The van der Waals surface area contributed by atoms with E-state index >= 15 is 0 Å². The molecular formula is C23H24N2O. The maximum Gasteiger partial charge on any atom is 0.181 e. The van der Waals surface area contributed by atoms with Gasteiger partial charge in [-0.1, -0.05) is 36.4 Å². The van der Waals surface area contributed by atoms with E-state index in [4.69, 9.17) is 0 Å². The third-order valence-corrected chi connectivity index (χ3v) is 5.13. The summed E-state index contributed by atoms with van der Waals surface area (Å²) in [6.45, 7) is 1.92. The second-order valence-electron chi connectivity index (χ2n) is 6.89. The summed E-state index contributed by atoms with van der Waals surface area (Å²) >= 11 is 0. The Bertz CT molecular complexity index is 783. The van der Waals surface area contributed by atoms with Crippen LogP contribution in [0.4, 0.5) is 11.4 Å². The highest BCUT2D eigenvalue weighted by Crippen LogP contribution is 2.27. The van der Waals surface area contributed by atoms with E-state index in [0.717, 1.165) is 38.8 Å². The summed E-state index contributed by atoms with van der Waals surface area (Å²) in [5.74, 6) is 0.0242. The summed E-state index contributed by atoms with van der Waals surface area (Å²) in [5.41, 5.74) is 5.15. The highest BCUT2D eigenvalue weighted by Gasteiger charge is 2.15. The molecule has 2 aromatic carbocycles. The largest absolute Gasteiger partial charge is 0.348 e. The van der Waals surface area contributed by atoms with Crippen molar-refractivity contribution in [1.82, 2.24) is 0 Å². The number of carbonyl (C=O) groups is 1. The van der Waals surface area contributed by atoms with Crippen molar-refractivity contribution >= 4 is 17.2 Å². The quantitative estimate of drug-likeness (QED) is 0.764. The van der Waals surface area contributed by atoms with Crippen LogP contribution >= 0.6 is 0 Å². The van der Waals surface area contributed by atoms with Gasteiger partial charge in [0, 0.05) is 49.0 Å². The topological polar surface area (TPSA) is 23.6 Å². The number of rotatable bonds is 4. The van der Waals surface area contributed by atoms with Gasteiger partial charge in [0.1, 0.15) is 0 Å². The van der Waals surface area contributed by atoms with E-state index in [1.165, 1.54) is 22.5 Å². The Balaban J connectivity index is 1.44. The van der Waals surface area contributed by atoms with Crippen molar-refractivity contribution in [2.24, 2.45) is 0 Å². The molecule has 4 rings (SSSR count). The first-order valence-corrected chi connectivity index (χ1v) is 9.41. The molecule has 26 heavy (non-hydrogen) atoms. The molecular weight excluding hydrogens is 320 g/mol. The molecule has 2 aliphatic heterocycles. The zero-order valence-electron chi connectivity index (χ0n) is 15.0. The standard InChI is InChI=1S/C23H24N2O/c26-21(13-17-24-15-5-9-19-7-1-3-11-22(19)24)14-18-25-16-6-10-20-8-2-4-12-23(20)25/h1-4,7-8,11-14,17-18H,5-6,9-10,15-16H2. The Morgan fingerprint density at radius 1 is 0.731 bits per heavy atom. The first-order chi connectivity index (χ1) is 12.8. The van der Waals surface area contributed by atoms with Crippen LogP contribution in [0.2, 0.25) is 0 Å². The van der Waals surface area contributed by atoms with Crippen molar-refractivity contribution in [3.63, 3.8) is 0 Å². The van der Waals surface area contributed by atoms with Crippen LogP contribution in [0.15, 0.2) is 73.1 Å². The van der Waals surface area contributed by atoms with Crippen molar-refractivity contribution in [3.05, 3.63) is 84.2 Å². The average Bonchev–Trinajstić information content (AvgIpc) is 2.70. The molecule has 2 heterocycles. The first-order valence-electron chi connectivity index (χ1n) is 9.41. The number of para-hydroxylation sites is 2. The lowest BCUT2D eigenvalue weighted by Crippen LogP contribution is -2.24. The normalized spacial score (nSPS) is 16.8. The first kappa shape index (κ1) is 16.6. The third-order valence-electron chi connectivity index (χ3n) is 5.13. The van der Waals surface area contributed by atoms with Crippen LogP contribution in [-0.4, -0.2) is 18.9 Å². The predicted octanol–water partition coefficient (Wildman–Crippen LogP) is 4.49. The number of anilines is 2. The number of aryl methyl sites for hydroxylation is 2. The summed E-state index contributed by atoms with van der Waals surface area (Å²) in [4.78, 5) is 16.7. The molecule has 0 fully saturated rings. The molecule has 3 nitrogen and oxygen atoms in total. The number of nitrogens with zero attached hydrogens (tertiary/aromatic N) is 2. The molecule has 2 aliphatic rings. The summed E-state index contributed by atoms with van der Waals surface area (Å²) in [7, 11) is 0. The SMILES string of the molecule is O=C(C=CN1CCCc2ccccc21)C=CN1CCCc2ccccc21. The minimum absolute atomic E-state index is 0.0242. The number of fused-ring (bicyclic) bond motifs is 2. The van der Waals surface area contributed by atoms with Crippen molar-refractivity contribution in [2.75, 3.05) is 22.9 Å². The lowest BCUT2D eigenvalue weighted by Gasteiger charge is -2.28. The van der Waals surface area contributed by atoms with Crippen LogP contribution in [0.3, 0.4) is 0 Å². The maximum absolute atomic E-state index is 12.3. The highest BCUT2D eigenvalue weighted by atomic mass is 16.1. The second kappa shape index (κ2) is 7.61. The molecule has 0 atom stereocenters. The van der Waals surface area contributed by atoms with E-state index in [1.54, 1.807) is 12.2 Å². The van der Waals surface area contributed by atoms with E-state index in [1.807, 2.05) is 12.4 Å². The van der Waals surface area contributed by atoms with Crippen molar-refractivity contribution in [2.45, 2.75) is 25.7 Å². The molecule has 0 bridgehead atoms. The summed E-state index contributed by atoms with van der Waals surface area (Å²) < 4.78 is 0. The third kappa shape index (κ3) is 3.57. The molecule has 0 amide bonds. The molecule has 132 valence electrons. The number of carbonyl (C=O) groups excluding carboxylic acids is 1. The number of hydrogen-bond acceptors (Lipinski definition) is 3. The zero-order chi connectivity index (χ0) is 17.8. The van der Waals surface area contributed by atoms with Crippen molar-refractivity contribution < 1.29 is 4.79 Å². The van der Waals surface area contributed by atoms with Gasteiger partial charge in [-0.25, -0.2) is 0 Å². The number of hydrogen-bond donors (Lipinski definition) is 0. The van der Waals surface area contributed by atoms with Gasteiger partial charge >= 0.3 is 0 Å². The Hall–Kier alpha value is -2.81. The molecule has 0 unspecified atom stereocenters. The van der Waals surface area contributed by atoms with E-state index in [9.17, 15) is 4.79 Å². The summed E-state index contributed by atoms with van der Waals surface area (Å²) in [6.07, 6.45) is 11.7. The Morgan fingerprint density at radius 2 is 1.19 bits per heavy atom. The Labute approximate surface area is 155 Å². The van der Waals surface area contributed by atoms with Gasteiger partial charge in [0.25, 0.3) is 0 Å². The van der Waals surface area contributed by atoms with Gasteiger partial charge in [0.2, 0.25) is 0 Å². The highest BCUT2D eigenvalue weighted by molar-refractivity contribution is 5.99. The van der Waals surface area contributed by atoms with Crippen molar-refractivity contribution in [3.8, 4) is 0 Å². The fourth-order valence-corrected chi connectivity index (χ4v) is 3.82. The molecule has 0 radical (unpaired) electrons. The van der Waals surface area contributed by atoms with Crippen LogP contribution in [0.5, 0.6) is 0 Å². The predicted molar refractivity (Wildman–Crippen MR) is 108 cm³/mol. The van der Waals surface area contributed by atoms with Crippen LogP contribution in [0.25, 0.3) is 0 Å². The fourth-order valence-electron chi connectivity index (χ4n) is 3.82. The second-order valence-corrected chi connectivity index (χ2v) is 6.89. The van der Waals surface area contributed by atoms with E-state index < -0.39 is 0 Å². The fraction of sp³-hybridized carbons (Fsp3) is 0.261.